The Kier molecular flexibility index (Phi) is 3.65. The second-order valence-corrected chi connectivity index (χ2v) is 6.12. The van der Waals surface area contributed by atoms with Gasteiger partial charge < -0.3 is 0 Å². The SMILES string of the molecule is CC(C(=O)c1ccccc1)(c1ccccc1)n1nnc2ccccc21. The van der Waals surface area contributed by atoms with Crippen molar-refractivity contribution in [2.75, 3.05) is 0 Å². The van der Waals surface area contributed by atoms with Crippen LogP contribution in [0.1, 0.15) is 22.8 Å². The van der Waals surface area contributed by atoms with Gasteiger partial charge in [-0.2, -0.15) is 0 Å². The summed E-state index contributed by atoms with van der Waals surface area (Å²) in [5.74, 6) is -0.0186. The van der Waals surface area contributed by atoms with Crippen LogP contribution >= 0.6 is 0 Å². The van der Waals surface area contributed by atoms with Gasteiger partial charge in [-0.1, -0.05) is 78.0 Å². The molecule has 4 rings (SSSR count). The fraction of sp³-hybridized carbons (Fsp3) is 0.0952. The van der Waals surface area contributed by atoms with Crippen molar-refractivity contribution in [1.29, 1.82) is 0 Å². The predicted molar refractivity (Wildman–Crippen MR) is 97.5 cm³/mol. The largest absolute Gasteiger partial charge is 0.291 e. The predicted octanol–water partition coefficient (Wildman–Crippen LogP) is 4.08. The van der Waals surface area contributed by atoms with Crippen molar-refractivity contribution in [3.63, 3.8) is 0 Å². The number of rotatable bonds is 4. The van der Waals surface area contributed by atoms with Crippen molar-refractivity contribution in [1.82, 2.24) is 15.0 Å². The smallest absolute Gasteiger partial charge is 0.194 e. The molecule has 1 unspecified atom stereocenters. The fourth-order valence-corrected chi connectivity index (χ4v) is 3.18. The van der Waals surface area contributed by atoms with Gasteiger partial charge in [0.25, 0.3) is 0 Å². The highest BCUT2D eigenvalue weighted by atomic mass is 16.1. The number of para-hydroxylation sites is 1. The molecule has 0 bridgehead atoms. The van der Waals surface area contributed by atoms with Crippen molar-refractivity contribution in [3.8, 4) is 0 Å². The molecule has 4 aromatic rings. The molecule has 3 aromatic carbocycles. The summed E-state index contributed by atoms with van der Waals surface area (Å²) in [6.07, 6.45) is 0. The van der Waals surface area contributed by atoms with Crippen LogP contribution in [0.3, 0.4) is 0 Å². The van der Waals surface area contributed by atoms with Crippen LogP contribution in [0.15, 0.2) is 84.9 Å². The lowest BCUT2D eigenvalue weighted by Crippen LogP contribution is -2.41. The summed E-state index contributed by atoms with van der Waals surface area (Å²) in [5.41, 5.74) is 2.13. The van der Waals surface area contributed by atoms with E-state index in [4.69, 9.17) is 0 Å². The van der Waals surface area contributed by atoms with E-state index in [9.17, 15) is 4.79 Å². The Hall–Kier alpha value is -3.27. The number of ketones is 1. The Morgan fingerprint density at radius 3 is 2.16 bits per heavy atom. The molecule has 0 saturated heterocycles. The van der Waals surface area contributed by atoms with Crippen LogP contribution in [0, 0.1) is 0 Å². The summed E-state index contributed by atoms with van der Waals surface area (Å²) in [7, 11) is 0. The van der Waals surface area contributed by atoms with Crippen LogP contribution in [0.4, 0.5) is 0 Å². The lowest BCUT2D eigenvalue weighted by atomic mass is 9.84. The van der Waals surface area contributed by atoms with Crippen molar-refractivity contribution in [3.05, 3.63) is 96.1 Å². The molecule has 0 aliphatic heterocycles. The zero-order valence-electron chi connectivity index (χ0n) is 13.8. The lowest BCUT2D eigenvalue weighted by Gasteiger charge is -2.29. The second-order valence-electron chi connectivity index (χ2n) is 6.12. The molecule has 4 nitrogen and oxygen atoms in total. The number of fused-ring (bicyclic) bond motifs is 1. The third-order valence-electron chi connectivity index (χ3n) is 4.59. The maximum atomic E-state index is 13.5. The molecule has 0 radical (unpaired) electrons. The lowest BCUT2D eigenvalue weighted by molar-refractivity contribution is 0.0860. The first-order chi connectivity index (χ1) is 12.2. The molecule has 0 spiro atoms. The van der Waals surface area contributed by atoms with Crippen LogP contribution in [0.25, 0.3) is 11.0 Å². The first kappa shape index (κ1) is 15.3. The van der Waals surface area contributed by atoms with Crippen LogP contribution in [0.2, 0.25) is 0 Å². The number of carbonyl (C=O) groups is 1. The van der Waals surface area contributed by atoms with E-state index in [0.717, 1.165) is 16.6 Å². The van der Waals surface area contributed by atoms with Gasteiger partial charge in [-0.3, -0.25) is 4.79 Å². The van der Waals surface area contributed by atoms with E-state index in [1.165, 1.54) is 0 Å². The summed E-state index contributed by atoms with van der Waals surface area (Å²) in [6, 6.07) is 26.7. The molecule has 0 saturated carbocycles. The van der Waals surface area contributed by atoms with Gasteiger partial charge in [0, 0.05) is 5.56 Å². The van der Waals surface area contributed by atoms with Crippen molar-refractivity contribution in [2.24, 2.45) is 0 Å². The quantitative estimate of drug-likeness (QED) is 0.531. The Morgan fingerprint density at radius 2 is 1.44 bits per heavy atom. The molecule has 0 fully saturated rings. The Bertz CT molecular complexity index is 1020. The minimum Gasteiger partial charge on any atom is -0.291 e. The number of nitrogens with zero attached hydrogens (tertiary/aromatic N) is 3. The van der Waals surface area contributed by atoms with Crippen molar-refractivity contribution >= 4 is 16.8 Å². The molecule has 1 heterocycles. The van der Waals surface area contributed by atoms with E-state index < -0.39 is 5.54 Å². The van der Waals surface area contributed by atoms with Gasteiger partial charge in [0.15, 0.2) is 5.78 Å². The minimum atomic E-state index is -0.987. The summed E-state index contributed by atoms with van der Waals surface area (Å²) in [5, 5.41) is 8.58. The molecular formula is C21H17N3O. The molecule has 122 valence electrons. The van der Waals surface area contributed by atoms with Gasteiger partial charge in [-0.05, 0) is 24.6 Å². The summed E-state index contributed by atoms with van der Waals surface area (Å²) in [4.78, 5) is 13.5. The topological polar surface area (TPSA) is 47.8 Å². The molecule has 0 amide bonds. The van der Waals surface area contributed by atoms with Crippen LogP contribution in [-0.4, -0.2) is 20.8 Å². The first-order valence-corrected chi connectivity index (χ1v) is 8.17. The standard InChI is InChI=1S/C21H17N3O/c1-21(17-12-6-3-7-13-17,20(25)16-10-4-2-5-11-16)24-19-15-9-8-14-18(19)22-23-24/h2-15H,1H3. The van der Waals surface area contributed by atoms with Crippen molar-refractivity contribution in [2.45, 2.75) is 12.5 Å². The van der Waals surface area contributed by atoms with Gasteiger partial charge in [0.2, 0.25) is 0 Å². The highest BCUT2D eigenvalue weighted by molar-refractivity contribution is 6.04. The first-order valence-electron chi connectivity index (χ1n) is 8.17. The zero-order valence-corrected chi connectivity index (χ0v) is 13.8. The Labute approximate surface area is 145 Å². The molecule has 4 heteroatoms. The fourth-order valence-electron chi connectivity index (χ4n) is 3.18. The van der Waals surface area contributed by atoms with E-state index in [0.29, 0.717) is 5.56 Å². The minimum absolute atomic E-state index is 0.0186. The van der Waals surface area contributed by atoms with Crippen molar-refractivity contribution < 1.29 is 4.79 Å². The third kappa shape index (κ3) is 2.43. The van der Waals surface area contributed by atoms with E-state index in [-0.39, 0.29) is 5.78 Å². The zero-order chi connectivity index (χ0) is 17.3. The number of hydrogen-bond acceptors (Lipinski definition) is 3. The van der Waals surface area contributed by atoms with E-state index in [2.05, 4.69) is 10.3 Å². The number of carbonyl (C=O) groups excluding carboxylic acids is 1. The van der Waals surface area contributed by atoms with Crippen LogP contribution in [-0.2, 0) is 5.54 Å². The average molecular weight is 327 g/mol. The summed E-state index contributed by atoms with van der Waals surface area (Å²) in [6.45, 7) is 1.90. The maximum Gasteiger partial charge on any atom is 0.194 e. The van der Waals surface area contributed by atoms with Gasteiger partial charge in [0.1, 0.15) is 11.1 Å². The van der Waals surface area contributed by atoms with E-state index in [1.807, 2.05) is 91.9 Å². The molecule has 25 heavy (non-hydrogen) atoms. The average Bonchev–Trinajstić information content (AvgIpc) is 3.13. The Balaban J connectivity index is 1.98. The molecule has 1 atom stereocenters. The molecule has 0 aliphatic carbocycles. The highest BCUT2D eigenvalue weighted by Crippen LogP contribution is 2.32. The molecule has 0 aliphatic rings. The van der Waals surface area contributed by atoms with Gasteiger partial charge in [0.05, 0.1) is 5.52 Å². The maximum absolute atomic E-state index is 13.5. The van der Waals surface area contributed by atoms with E-state index >= 15 is 0 Å². The van der Waals surface area contributed by atoms with Gasteiger partial charge >= 0.3 is 0 Å². The van der Waals surface area contributed by atoms with Crippen LogP contribution in [0.5, 0.6) is 0 Å². The van der Waals surface area contributed by atoms with Gasteiger partial charge in [-0.25, -0.2) is 4.68 Å². The third-order valence-corrected chi connectivity index (χ3v) is 4.59. The molecule has 0 N–H and O–H groups in total. The number of aromatic nitrogens is 3. The normalized spacial score (nSPS) is 13.5. The molecular weight excluding hydrogens is 310 g/mol. The van der Waals surface area contributed by atoms with Gasteiger partial charge in [-0.15, -0.1) is 5.10 Å². The Morgan fingerprint density at radius 1 is 0.840 bits per heavy atom. The highest BCUT2D eigenvalue weighted by Gasteiger charge is 2.39. The summed E-state index contributed by atoms with van der Waals surface area (Å²) >= 11 is 0. The monoisotopic (exact) mass is 327 g/mol. The molecule has 1 aromatic heterocycles. The summed E-state index contributed by atoms with van der Waals surface area (Å²) < 4.78 is 1.73. The number of benzene rings is 3. The number of hydrogen-bond donors (Lipinski definition) is 0. The number of Topliss-reactive ketones (excluding diaryl/α,β-unsaturated/α-hetero) is 1. The van der Waals surface area contributed by atoms with Crippen LogP contribution < -0.4 is 0 Å². The van der Waals surface area contributed by atoms with E-state index in [1.54, 1.807) is 4.68 Å². The second kappa shape index (κ2) is 5.98.